The van der Waals surface area contributed by atoms with E-state index in [0.29, 0.717) is 25.6 Å². The molecule has 1 atom stereocenters. The summed E-state index contributed by atoms with van der Waals surface area (Å²) in [6, 6.07) is 8.91. The van der Waals surface area contributed by atoms with Crippen LogP contribution in [0.15, 0.2) is 30.3 Å². The lowest BCUT2D eigenvalue weighted by molar-refractivity contribution is -0.132. The van der Waals surface area contributed by atoms with Crippen LogP contribution in [0.25, 0.3) is 0 Å². The highest BCUT2D eigenvalue weighted by molar-refractivity contribution is 5.79. The Kier molecular flexibility index (Phi) is 5.47. The predicted molar refractivity (Wildman–Crippen MR) is 71.5 cm³/mol. The number of ether oxygens (including phenoxy) is 1. The molecule has 1 saturated heterocycles. The van der Waals surface area contributed by atoms with Crippen LogP contribution in [0.5, 0.6) is 0 Å². The van der Waals surface area contributed by atoms with Crippen LogP contribution in [0.4, 0.5) is 8.78 Å². The van der Waals surface area contributed by atoms with Gasteiger partial charge in [0, 0.05) is 13.2 Å². The zero-order valence-electron chi connectivity index (χ0n) is 11.2. The zero-order chi connectivity index (χ0) is 14.4. The molecule has 1 heterocycles. The molecular weight excluding hydrogens is 264 g/mol. The Labute approximate surface area is 117 Å². The van der Waals surface area contributed by atoms with Crippen LogP contribution in [-0.4, -0.2) is 25.5 Å². The second kappa shape index (κ2) is 7.33. The molecule has 0 radical (unpaired) electrons. The van der Waals surface area contributed by atoms with Crippen molar-refractivity contribution in [3.8, 4) is 0 Å². The minimum Gasteiger partial charge on any atom is -0.381 e. The summed E-state index contributed by atoms with van der Waals surface area (Å²) in [7, 11) is 0. The molecule has 1 aliphatic rings. The third-order valence-corrected chi connectivity index (χ3v) is 3.63. The molecule has 1 aromatic rings. The van der Waals surface area contributed by atoms with E-state index in [9.17, 15) is 13.6 Å². The highest BCUT2D eigenvalue weighted by Crippen LogP contribution is 2.27. The van der Waals surface area contributed by atoms with Crippen LogP contribution < -0.4 is 5.32 Å². The Morgan fingerprint density at radius 3 is 2.50 bits per heavy atom. The number of amides is 1. The molecule has 0 aliphatic carbocycles. The van der Waals surface area contributed by atoms with E-state index in [1.807, 2.05) is 30.3 Å². The predicted octanol–water partition coefficient (Wildman–Crippen LogP) is 2.93. The number of benzene rings is 1. The maximum atomic E-state index is 12.5. The molecule has 20 heavy (non-hydrogen) atoms. The molecule has 0 aromatic heterocycles. The van der Waals surface area contributed by atoms with Gasteiger partial charge in [0.15, 0.2) is 0 Å². The quantitative estimate of drug-likeness (QED) is 0.902. The molecule has 1 N–H and O–H groups in total. The molecule has 1 fully saturated rings. The topological polar surface area (TPSA) is 38.3 Å². The first kappa shape index (κ1) is 14.9. The molecule has 0 spiro atoms. The van der Waals surface area contributed by atoms with Crippen molar-refractivity contribution in [1.29, 1.82) is 0 Å². The first-order chi connectivity index (χ1) is 9.66. The van der Waals surface area contributed by atoms with Gasteiger partial charge in [-0.05, 0) is 30.7 Å². The van der Waals surface area contributed by atoms with E-state index in [1.54, 1.807) is 0 Å². The molecule has 1 aliphatic heterocycles. The smallest absolute Gasteiger partial charge is 0.315 e. The molecular formula is C15H19F2NO2. The Morgan fingerprint density at radius 1 is 1.25 bits per heavy atom. The van der Waals surface area contributed by atoms with Crippen molar-refractivity contribution >= 4 is 5.91 Å². The van der Waals surface area contributed by atoms with Gasteiger partial charge in [-0.3, -0.25) is 4.79 Å². The molecule has 110 valence electrons. The third-order valence-electron chi connectivity index (χ3n) is 3.63. The molecule has 1 amide bonds. The van der Waals surface area contributed by atoms with E-state index >= 15 is 0 Å². The van der Waals surface area contributed by atoms with Gasteiger partial charge in [0.25, 0.3) is 5.91 Å². The number of carbonyl (C=O) groups is 1. The van der Waals surface area contributed by atoms with E-state index in [-0.39, 0.29) is 6.04 Å². The largest absolute Gasteiger partial charge is 0.381 e. The van der Waals surface area contributed by atoms with Crippen LogP contribution in [-0.2, 0) is 9.53 Å². The number of rotatable bonds is 5. The van der Waals surface area contributed by atoms with E-state index < -0.39 is 12.3 Å². The van der Waals surface area contributed by atoms with Crippen molar-refractivity contribution in [1.82, 2.24) is 5.32 Å². The molecule has 0 unspecified atom stereocenters. The lowest BCUT2D eigenvalue weighted by Gasteiger charge is -2.27. The first-order valence-corrected chi connectivity index (χ1v) is 6.88. The number of halogens is 2. The summed E-state index contributed by atoms with van der Waals surface area (Å²) in [6.45, 7) is 1.41. The Morgan fingerprint density at radius 2 is 1.90 bits per heavy atom. The van der Waals surface area contributed by atoms with Crippen LogP contribution in [0.1, 0.15) is 30.9 Å². The summed E-state index contributed by atoms with van der Waals surface area (Å²) in [5.74, 6) is -0.808. The third kappa shape index (κ3) is 4.27. The molecule has 5 heteroatoms. The zero-order valence-corrected chi connectivity index (χ0v) is 11.2. The maximum Gasteiger partial charge on any atom is 0.315 e. The highest BCUT2D eigenvalue weighted by Gasteiger charge is 2.24. The van der Waals surface area contributed by atoms with Crippen molar-refractivity contribution in [3.05, 3.63) is 35.9 Å². The highest BCUT2D eigenvalue weighted by atomic mass is 19.3. The van der Waals surface area contributed by atoms with Gasteiger partial charge in [0.1, 0.15) is 0 Å². The molecule has 2 rings (SSSR count). The number of nitrogens with one attached hydrogen (secondary N) is 1. The fraction of sp³-hybridized carbons (Fsp3) is 0.533. The summed E-state index contributed by atoms with van der Waals surface area (Å²) >= 11 is 0. The van der Waals surface area contributed by atoms with E-state index in [0.717, 1.165) is 18.4 Å². The van der Waals surface area contributed by atoms with E-state index in [4.69, 9.17) is 4.74 Å². The van der Waals surface area contributed by atoms with Gasteiger partial charge < -0.3 is 10.1 Å². The lowest BCUT2D eigenvalue weighted by atomic mass is 9.89. The fourth-order valence-corrected chi connectivity index (χ4v) is 2.51. The summed E-state index contributed by atoms with van der Waals surface area (Å²) in [5, 5.41) is 2.45. The van der Waals surface area contributed by atoms with Gasteiger partial charge in [-0.25, -0.2) is 0 Å². The van der Waals surface area contributed by atoms with E-state index in [1.165, 1.54) is 0 Å². The Balaban J connectivity index is 2.05. The van der Waals surface area contributed by atoms with Crippen LogP contribution in [0, 0.1) is 5.92 Å². The minimum absolute atomic E-state index is 0.360. The van der Waals surface area contributed by atoms with Gasteiger partial charge in [0.05, 0.1) is 6.04 Å². The van der Waals surface area contributed by atoms with Crippen molar-refractivity contribution < 1.29 is 18.3 Å². The van der Waals surface area contributed by atoms with Crippen molar-refractivity contribution in [2.45, 2.75) is 31.7 Å². The average Bonchev–Trinajstić information content (AvgIpc) is 2.48. The van der Waals surface area contributed by atoms with Gasteiger partial charge in [0.2, 0.25) is 0 Å². The standard InChI is InChI=1S/C15H19F2NO2/c16-14(17)15(19)18-13(12-4-2-1-3-5-12)10-11-6-8-20-9-7-11/h1-5,11,13-14H,6-10H2,(H,18,19)/t13-/m0/s1. The van der Waals surface area contributed by atoms with Gasteiger partial charge in [-0.15, -0.1) is 0 Å². The van der Waals surface area contributed by atoms with Crippen LogP contribution >= 0.6 is 0 Å². The number of hydrogen-bond donors (Lipinski definition) is 1. The minimum atomic E-state index is -2.98. The Bertz CT molecular complexity index is 419. The van der Waals surface area contributed by atoms with Gasteiger partial charge in [-0.1, -0.05) is 30.3 Å². The second-order valence-electron chi connectivity index (χ2n) is 5.06. The van der Waals surface area contributed by atoms with E-state index in [2.05, 4.69) is 5.32 Å². The number of carbonyl (C=O) groups excluding carboxylic acids is 1. The maximum absolute atomic E-state index is 12.5. The van der Waals surface area contributed by atoms with Gasteiger partial charge in [-0.2, -0.15) is 8.78 Å². The van der Waals surface area contributed by atoms with Gasteiger partial charge >= 0.3 is 6.43 Å². The summed E-state index contributed by atoms with van der Waals surface area (Å²) in [6.07, 6.45) is -0.482. The summed E-state index contributed by atoms with van der Waals surface area (Å²) < 4.78 is 30.2. The van der Waals surface area contributed by atoms with Crippen molar-refractivity contribution in [2.75, 3.05) is 13.2 Å². The second-order valence-corrected chi connectivity index (χ2v) is 5.06. The first-order valence-electron chi connectivity index (χ1n) is 6.88. The fourth-order valence-electron chi connectivity index (χ4n) is 2.51. The molecule has 0 saturated carbocycles. The van der Waals surface area contributed by atoms with Crippen molar-refractivity contribution in [2.24, 2.45) is 5.92 Å². The normalized spacial score (nSPS) is 17.9. The lowest BCUT2D eigenvalue weighted by Crippen LogP contribution is -2.35. The van der Waals surface area contributed by atoms with Crippen molar-refractivity contribution in [3.63, 3.8) is 0 Å². The Hall–Kier alpha value is -1.49. The SMILES string of the molecule is O=C(N[C@@H](CC1CCOCC1)c1ccccc1)C(F)F. The van der Waals surface area contributed by atoms with Crippen LogP contribution in [0.2, 0.25) is 0 Å². The monoisotopic (exact) mass is 283 g/mol. The summed E-state index contributed by atoms with van der Waals surface area (Å²) in [4.78, 5) is 11.3. The number of hydrogen-bond acceptors (Lipinski definition) is 2. The molecule has 3 nitrogen and oxygen atoms in total. The number of alkyl halides is 2. The van der Waals surface area contributed by atoms with Crippen LogP contribution in [0.3, 0.4) is 0 Å². The summed E-state index contributed by atoms with van der Waals surface area (Å²) in [5.41, 5.74) is 0.869. The molecule has 0 bridgehead atoms. The molecule has 1 aromatic carbocycles. The average molecular weight is 283 g/mol.